The zero-order chi connectivity index (χ0) is 26.2. The molecule has 5 heterocycles. The highest BCUT2D eigenvalue weighted by Crippen LogP contribution is 2.35. The van der Waals surface area contributed by atoms with Crippen molar-refractivity contribution in [1.29, 1.82) is 0 Å². The first-order valence-corrected chi connectivity index (χ1v) is 13.0. The van der Waals surface area contributed by atoms with Crippen molar-refractivity contribution in [3.05, 3.63) is 30.5 Å². The van der Waals surface area contributed by atoms with Crippen molar-refractivity contribution in [2.75, 3.05) is 50.6 Å². The molecule has 3 aliphatic rings. The molecule has 0 radical (unpaired) electrons. The lowest BCUT2D eigenvalue weighted by Crippen LogP contribution is -2.43. The smallest absolute Gasteiger partial charge is 0.411 e. The Hall–Kier alpha value is -3.93. The van der Waals surface area contributed by atoms with Crippen LogP contribution in [0.5, 0.6) is 0 Å². The van der Waals surface area contributed by atoms with Crippen molar-refractivity contribution in [2.24, 2.45) is 0 Å². The van der Waals surface area contributed by atoms with Crippen LogP contribution >= 0.6 is 0 Å². The number of ether oxygens (including phenoxy) is 3. The summed E-state index contributed by atoms with van der Waals surface area (Å²) < 4.78 is 17.6. The lowest BCUT2D eigenvalue weighted by molar-refractivity contribution is 0.0303. The summed E-state index contributed by atoms with van der Waals surface area (Å²) >= 11 is 0. The highest BCUT2D eigenvalue weighted by atomic mass is 16.5. The maximum Gasteiger partial charge on any atom is 0.411 e. The Morgan fingerprint density at radius 3 is 2.34 bits per heavy atom. The third kappa shape index (κ3) is 4.60. The van der Waals surface area contributed by atoms with Crippen LogP contribution in [0.15, 0.2) is 30.5 Å². The van der Waals surface area contributed by atoms with E-state index in [1.54, 1.807) is 17.0 Å². The lowest BCUT2D eigenvalue weighted by atomic mass is 10.1. The fraction of sp³-hybridized carbons (Fsp3) is 0.500. The normalized spacial score (nSPS) is 21.5. The van der Waals surface area contributed by atoms with E-state index in [0.29, 0.717) is 24.6 Å². The highest BCUT2D eigenvalue weighted by molar-refractivity contribution is 5.89. The summed E-state index contributed by atoms with van der Waals surface area (Å²) in [5, 5.41) is 8.35. The Labute approximate surface area is 219 Å². The summed E-state index contributed by atoms with van der Waals surface area (Å²) in [4.78, 5) is 37.6. The van der Waals surface area contributed by atoms with Crippen LogP contribution < -0.4 is 10.2 Å². The number of benzene rings is 1. The van der Waals surface area contributed by atoms with Crippen LogP contribution in [0.1, 0.15) is 31.7 Å². The number of hydrogen-bond acceptors (Lipinski definition) is 9. The van der Waals surface area contributed by atoms with E-state index < -0.39 is 6.09 Å². The van der Waals surface area contributed by atoms with Gasteiger partial charge in [-0.3, -0.25) is 5.32 Å². The molecule has 1 N–H and O–H groups in total. The van der Waals surface area contributed by atoms with Crippen molar-refractivity contribution in [2.45, 2.75) is 43.9 Å². The van der Waals surface area contributed by atoms with Crippen LogP contribution in [0, 0.1) is 0 Å². The fourth-order valence-corrected chi connectivity index (χ4v) is 5.63. The molecule has 0 spiro atoms. The maximum absolute atomic E-state index is 12.0. The Kier molecular flexibility index (Phi) is 6.48. The van der Waals surface area contributed by atoms with Crippen molar-refractivity contribution < 1.29 is 23.8 Å². The molecule has 12 heteroatoms. The van der Waals surface area contributed by atoms with Crippen molar-refractivity contribution in [1.82, 2.24) is 24.6 Å². The number of carbonyl (C=O) groups is 2. The third-order valence-corrected chi connectivity index (χ3v) is 7.59. The van der Waals surface area contributed by atoms with Crippen LogP contribution in [-0.2, 0) is 14.2 Å². The van der Waals surface area contributed by atoms with Gasteiger partial charge in [-0.25, -0.2) is 24.2 Å². The van der Waals surface area contributed by atoms with Crippen LogP contribution in [0.4, 0.5) is 21.1 Å². The minimum absolute atomic E-state index is 0.108. The summed E-state index contributed by atoms with van der Waals surface area (Å²) in [5.74, 6) is 1.45. The van der Waals surface area contributed by atoms with E-state index in [4.69, 9.17) is 24.5 Å². The molecule has 0 aliphatic carbocycles. The second-order valence-corrected chi connectivity index (χ2v) is 9.94. The molecule has 0 saturated carbocycles. The van der Waals surface area contributed by atoms with Gasteiger partial charge in [-0.1, -0.05) is 0 Å². The van der Waals surface area contributed by atoms with Gasteiger partial charge < -0.3 is 24.0 Å². The average molecular weight is 522 g/mol. The molecule has 2 aromatic heterocycles. The zero-order valence-electron chi connectivity index (χ0n) is 21.5. The van der Waals surface area contributed by atoms with Gasteiger partial charge in [0.1, 0.15) is 5.82 Å². The summed E-state index contributed by atoms with van der Waals surface area (Å²) in [6.07, 6.45) is 5.11. The third-order valence-electron chi connectivity index (χ3n) is 7.59. The zero-order valence-corrected chi connectivity index (χ0v) is 21.5. The van der Waals surface area contributed by atoms with Gasteiger partial charge in [0.2, 0.25) is 0 Å². The first-order valence-electron chi connectivity index (χ1n) is 13.0. The lowest BCUT2D eigenvalue weighted by Gasteiger charge is -2.33. The molecule has 6 rings (SSSR count). The molecule has 200 valence electrons. The number of piperidine rings is 1. The molecule has 2 amide bonds. The molecule has 38 heavy (non-hydrogen) atoms. The predicted molar refractivity (Wildman–Crippen MR) is 139 cm³/mol. The number of fused-ring (bicyclic) bond motifs is 3. The first-order chi connectivity index (χ1) is 18.5. The number of nitrogens with one attached hydrogen (secondary N) is 1. The number of hydrogen-bond donors (Lipinski definition) is 1. The quantitative estimate of drug-likeness (QED) is 0.550. The van der Waals surface area contributed by atoms with Gasteiger partial charge in [-0.15, -0.1) is 0 Å². The van der Waals surface area contributed by atoms with Gasteiger partial charge >= 0.3 is 12.2 Å². The molecule has 3 aromatic rings. The van der Waals surface area contributed by atoms with E-state index in [-0.39, 0.29) is 24.3 Å². The molecule has 12 nitrogen and oxygen atoms in total. The monoisotopic (exact) mass is 521 g/mol. The fourth-order valence-electron chi connectivity index (χ4n) is 5.63. The second-order valence-electron chi connectivity index (χ2n) is 9.94. The Bertz CT molecular complexity index is 1320. The summed E-state index contributed by atoms with van der Waals surface area (Å²) in [6, 6.07) is 7.48. The molecule has 3 fully saturated rings. The summed E-state index contributed by atoms with van der Waals surface area (Å²) in [5.41, 5.74) is 2.22. The van der Waals surface area contributed by atoms with Crippen molar-refractivity contribution in [3.63, 3.8) is 0 Å². The molecule has 1 aromatic carbocycles. The van der Waals surface area contributed by atoms with E-state index in [1.807, 2.05) is 23.0 Å². The number of rotatable bonds is 4. The summed E-state index contributed by atoms with van der Waals surface area (Å²) in [7, 11) is 2.74. The topological polar surface area (TPSA) is 124 Å². The second kappa shape index (κ2) is 10.1. The molecular weight excluding hydrogens is 490 g/mol. The summed E-state index contributed by atoms with van der Waals surface area (Å²) in [6.45, 7) is 2.77. The van der Waals surface area contributed by atoms with Gasteiger partial charge in [0.25, 0.3) is 0 Å². The van der Waals surface area contributed by atoms with Crippen molar-refractivity contribution >= 4 is 34.7 Å². The maximum atomic E-state index is 12.0. The average Bonchev–Trinajstić information content (AvgIpc) is 3.54. The standard InChI is InChI=1S/C26H31N7O5/c1-36-25(34)28-17-5-3-16(4-6-17)22-29-23(32-14-19-7-8-20(15-32)38-19)21-13-27-33(24(21)30-22)18-9-11-31(12-10-18)26(35)37-2/h3-6,13,18-20H,7-12,14-15H2,1-2H3,(H,28,34). The van der Waals surface area contributed by atoms with Gasteiger partial charge in [0.15, 0.2) is 11.5 Å². The van der Waals surface area contributed by atoms with Crippen LogP contribution in [-0.4, -0.2) is 89.4 Å². The molecule has 2 bridgehead atoms. The number of aromatic nitrogens is 4. The number of carbonyl (C=O) groups excluding carboxylic acids is 2. The van der Waals surface area contributed by atoms with Crippen molar-refractivity contribution in [3.8, 4) is 11.4 Å². The minimum atomic E-state index is -0.526. The molecule has 2 unspecified atom stereocenters. The van der Waals surface area contributed by atoms with Crippen LogP contribution in [0.3, 0.4) is 0 Å². The van der Waals surface area contributed by atoms with E-state index in [9.17, 15) is 9.59 Å². The van der Waals surface area contributed by atoms with Crippen LogP contribution in [0.25, 0.3) is 22.4 Å². The number of methoxy groups -OCH3 is 2. The molecule has 3 aliphatic heterocycles. The van der Waals surface area contributed by atoms with E-state index in [1.165, 1.54) is 14.2 Å². The van der Waals surface area contributed by atoms with E-state index >= 15 is 0 Å². The van der Waals surface area contributed by atoms with Gasteiger partial charge in [-0.2, -0.15) is 5.10 Å². The van der Waals surface area contributed by atoms with Crippen LogP contribution in [0.2, 0.25) is 0 Å². The van der Waals surface area contributed by atoms with E-state index in [0.717, 1.165) is 61.2 Å². The number of likely N-dealkylation sites (tertiary alicyclic amines) is 1. The number of morpholine rings is 1. The van der Waals surface area contributed by atoms with Gasteiger partial charge in [0, 0.05) is 37.4 Å². The van der Waals surface area contributed by atoms with Gasteiger partial charge in [-0.05, 0) is 49.9 Å². The molecule has 2 atom stereocenters. The minimum Gasteiger partial charge on any atom is -0.453 e. The predicted octanol–water partition coefficient (Wildman–Crippen LogP) is 3.44. The highest BCUT2D eigenvalue weighted by Gasteiger charge is 2.36. The Balaban J connectivity index is 1.36. The Morgan fingerprint density at radius 2 is 1.68 bits per heavy atom. The Morgan fingerprint density at radius 1 is 0.974 bits per heavy atom. The number of nitrogens with zero attached hydrogens (tertiary/aromatic N) is 6. The number of amides is 2. The molecular formula is C26H31N7O5. The largest absolute Gasteiger partial charge is 0.453 e. The number of anilines is 2. The molecule has 3 saturated heterocycles. The first kappa shape index (κ1) is 24.4. The van der Waals surface area contributed by atoms with E-state index in [2.05, 4.69) is 15.0 Å². The van der Waals surface area contributed by atoms with Gasteiger partial charge in [0.05, 0.1) is 44.1 Å². The SMILES string of the molecule is COC(=O)Nc1ccc(-c2nc(N3CC4CCC(C3)O4)c3cnn(C4CCN(C(=O)OC)CC4)c3n2)cc1.